The fourth-order valence-electron chi connectivity index (χ4n) is 3.97. The molecule has 20 heavy (non-hydrogen) atoms. The Balaban J connectivity index is 1.86. The van der Waals surface area contributed by atoms with E-state index in [1.807, 2.05) is 6.92 Å². The van der Waals surface area contributed by atoms with Gasteiger partial charge in [-0.15, -0.1) is 0 Å². The number of fused-ring (bicyclic) bond motifs is 1. The van der Waals surface area contributed by atoms with E-state index in [0.717, 1.165) is 18.4 Å². The van der Waals surface area contributed by atoms with Crippen LogP contribution in [0.25, 0.3) is 0 Å². The van der Waals surface area contributed by atoms with Gasteiger partial charge in [-0.05, 0) is 38.5 Å². The van der Waals surface area contributed by atoms with E-state index < -0.39 is 6.10 Å². The number of piperidine rings is 1. The SMILES string of the molecule is CC(=O)NC(C)C(O)CN1CC2CCCCC2CC1C. The van der Waals surface area contributed by atoms with Crippen molar-refractivity contribution >= 4 is 5.91 Å². The minimum atomic E-state index is -0.485. The molecule has 1 aliphatic heterocycles. The Labute approximate surface area is 122 Å². The summed E-state index contributed by atoms with van der Waals surface area (Å²) < 4.78 is 0. The number of nitrogens with one attached hydrogen (secondary N) is 1. The summed E-state index contributed by atoms with van der Waals surface area (Å²) in [4.78, 5) is 13.5. The summed E-state index contributed by atoms with van der Waals surface area (Å²) in [5.41, 5.74) is 0. The van der Waals surface area contributed by atoms with Gasteiger partial charge in [-0.2, -0.15) is 0 Å². The molecule has 1 aliphatic carbocycles. The molecule has 1 amide bonds. The van der Waals surface area contributed by atoms with Gasteiger partial charge in [0.2, 0.25) is 5.91 Å². The van der Waals surface area contributed by atoms with Gasteiger partial charge in [-0.1, -0.05) is 19.3 Å². The highest BCUT2D eigenvalue weighted by molar-refractivity contribution is 5.73. The zero-order valence-electron chi connectivity index (χ0n) is 13.1. The molecule has 0 aromatic heterocycles. The van der Waals surface area contributed by atoms with Gasteiger partial charge in [-0.3, -0.25) is 9.69 Å². The average molecular weight is 282 g/mol. The summed E-state index contributed by atoms with van der Waals surface area (Å²) in [6.07, 6.45) is 6.30. The van der Waals surface area contributed by atoms with Crippen LogP contribution < -0.4 is 5.32 Å². The maximum absolute atomic E-state index is 11.1. The van der Waals surface area contributed by atoms with Crippen LogP contribution in [0.5, 0.6) is 0 Å². The van der Waals surface area contributed by atoms with Gasteiger partial charge in [0.25, 0.3) is 0 Å². The molecule has 0 bridgehead atoms. The van der Waals surface area contributed by atoms with Crippen LogP contribution >= 0.6 is 0 Å². The lowest BCUT2D eigenvalue weighted by molar-refractivity contribution is -0.120. The maximum atomic E-state index is 11.1. The first-order valence-corrected chi connectivity index (χ1v) is 8.16. The highest BCUT2D eigenvalue weighted by atomic mass is 16.3. The van der Waals surface area contributed by atoms with Crippen LogP contribution in [0.2, 0.25) is 0 Å². The largest absolute Gasteiger partial charge is 0.390 e. The third kappa shape index (κ3) is 3.95. The molecule has 5 atom stereocenters. The monoisotopic (exact) mass is 282 g/mol. The van der Waals surface area contributed by atoms with E-state index in [-0.39, 0.29) is 11.9 Å². The summed E-state index contributed by atoms with van der Waals surface area (Å²) >= 11 is 0. The van der Waals surface area contributed by atoms with Crippen molar-refractivity contribution in [1.82, 2.24) is 10.2 Å². The van der Waals surface area contributed by atoms with Gasteiger partial charge in [0, 0.05) is 26.1 Å². The number of carbonyl (C=O) groups is 1. The molecule has 0 radical (unpaired) electrons. The first kappa shape index (κ1) is 15.8. The minimum Gasteiger partial charge on any atom is -0.390 e. The van der Waals surface area contributed by atoms with E-state index in [4.69, 9.17) is 0 Å². The molecule has 116 valence electrons. The van der Waals surface area contributed by atoms with E-state index >= 15 is 0 Å². The molecule has 2 aliphatic rings. The molecule has 1 saturated heterocycles. The zero-order valence-corrected chi connectivity index (χ0v) is 13.1. The van der Waals surface area contributed by atoms with Crippen LogP contribution in [-0.4, -0.2) is 47.2 Å². The number of carbonyl (C=O) groups excluding carboxylic acids is 1. The molecular formula is C16H30N2O2. The van der Waals surface area contributed by atoms with Crippen molar-refractivity contribution in [3.05, 3.63) is 0 Å². The van der Waals surface area contributed by atoms with Crippen molar-refractivity contribution in [2.45, 2.75) is 71.1 Å². The van der Waals surface area contributed by atoms with Gasteiger partial charge in [0.05, 0.1) is 12.1 Å². The predicted molar refractivity (Wildman–Crippen MR) is 80.4 cm³/mol. The summed E-state index contributed by atoms with van der Waals surface area (Å²) in [7, 11) is 0. The number of hydrogen-bond acceptors (Lipinski definition) is 3. The first-order valence-electron chi connectivity index (χ1n) is 8.16. The second-order valence-electron chi connectivity index (χ2n) is 6.90. The van der Waals surface area contributed by atoms with Crippen LogP contribution in [0.15, 0.2) is 0 Å². The first-order chi connectivity index (χ1) is 9.47. The van der Waals surface area contributed by atoms with Crippen molar-refractivity contribution in [3.63, 3.8) is 0 Å². The topological polar surface area (TPSA) is 52.6 Å². The standard InChI is InChI=1S/C16H30N2O2/c1-11-8-14-6-4-5-7-15(14)9-18(11)10-16(20)12(2)17-13(3)19/h11-12,14-16,20H,4-10H2,1-3H3,(H,17,19). The number of amides is 1. The predicted octanol–water partition coefficient (Wildman–Crippen LogP) is 1.77. The quantitative estimate of drug-likeness (QED) is 0.826. The van der Waals surface area contributed by atoms with E-state index in [1.165, 1.54) is 39.0 Å². The van der Waals surface area contributed by atoms with E-state index in [9.17, 15) is 9.90 Å². The van der Waals surface area contributed by atoms with Crippen LogP contribution in [-0.2, 0) is 4.79 Å². The fourth-order valence-corrected chi connectivity index (χ4v) is 3.97. The highest BCUT2D eigenvalue weighted by Crippen LogP contribution is 2.38. The Bertz CT molecular complexity index is 334. The van der Waals surface area contributed by atoms with Crippen molar-refractivity contribution in [1.29, 1.82) is 0 Å². The Morgan fingerprint density at radius 1 is 1.35 bits per heavy atom. The highest BCUT2D eigenvalue weighted by Gasteiger charge is 2.35. The molecule has 2 rings (SSSR count). The second kappa shape index (κ2) is 6.90. The number of aliphatic hydroxyl groups is 1. The lowest BCUT2D eigenvalue weighted by Crippen LogP contribution is -2.53. The molecule has 0 spiro atoms. The Hall–Kier alpha value is -0.610. The number of rotatable bonds is 4. The van der Waals surface area contributed by atoms with E-state index in [0.29, 0.717) is 12.6 Å². The van der Waals surface area contributed by atoms with Crippen molar-refractivity contribution < 1.29 is 9.90 Å². The van der Waals surface area contributed by atoms with Crippen LogP contribution in [0.1, 0.15) is 52.9 Å². The molecule has 5 unspecified atom stereocenters. The average Bonchev–Trinajstić information content (AvgIpc) is 2.38. The van der Waals surface area contributed by atoms with Crippen LogP contribution in [0.3, 0.4) is 0 Å². The molecule has 2 N–H and O–H groups in total. The third-order valence-electron chi connectivity index (χ3n) is 5.23. The summed E-state index contributed by atoms with van der Waals surface area (Å²) in [5, 5.41) is 13.1. The van der Waals surface area contributed by atoms with E-state index in [2.05, 4.69) is 17.1 Å². The van der Waals surface area contributed by atoms with Gasteiger partial charge >= 0.3 is 0 Å². The summed E-state index contributed by atoms with van der Waals surface area (Å²) in [6.45, 7) is 7.45. The molecule has 0 aromatic carbocycles. The lowest BCUT2D eigenvalue weighted by Gasteiger charge is -2.46. The fraction of sp³-hybridized carbons (Fsp3) is 0.938. The zero-order chi connectivity index (χ0) is 14.7. The smallest absolute Gasteiger partial charge is 0.217 e. The summed E-state index contributed by atoms with van der Waals surface area (Å²) in [6, 6.07) is 0.373. The van der Waals surface area contributed by atoms with E-state index in [1.54, 1.807) is 0 Å². The number of β-amino-alcohol motifs (C(OH)–C–C–N with tert-alkyl or cyclic N) is 1. The van der Waals surface area contributed by atoms with Crippen LogP contribution in [0, 0.1) is 11.8 Å². The van der Waals surface area contributed by atoms with Crippen molar-refractivity contribution in [2.24, 2.45) is 11.8 Å². The van der Waals surface area contributed by atoms with Crippen LogP contribution in [0.4, 0.5) is 0 Å². The Morgan fingerprint density at radius 3 is 2.65 bits per heavy atom. The van der Waals surface area contributed by atoms with Gasteiger partial charge in [0.1, 0.15) is 0 Å². The minimum absolute atomic E-state index is 0.0735. The maximum Gasteiger partial charge on any atom is 0.217 e. The molecule has 4 heteroatoms. The Morgan fingerprint density at radius 2 is 2.00 bits per heavy atom. The third-order valence-corrected chi connectivity index (χ3v) is 5.23. The number of nitrogens with zero attached hydrogens (tertiary/aromatic N) is 1. The number of aliphatic hydroxyl groups excluding tert-OH is 1. The Kier molecular flexibility index (Phi) is 5.44. The molecule has 1 saturated carbocycles. The van der Waals surface area contributed by atoms with Crippen molar-refractivity contribution in [3.8, 4) is 0 Å². The number of likely N-dealkylation sites (tertiary alicyclic amines) is 1. The van der Waals surface area contributed by atoms with Crippen molar-refractivity contribution in [2.75, 3.05) is 13.1 Å². The lowest BCUT2D eigenvalue weighted by atomic mass is 9.73. The molecule has 1 heterocycles. The van der Waals surface area contributed by atoms with Gasteiger partial charge < -0.3 is 10.4 Å². The van der Waals surface area contributed by atoms with Gasteiger partial charge in [-0.25, -0.2) is 0 Å². The van der Waals surface area contributed by atoms with Gasteiger partial charge in [0.15, 0.2) is 0 Å². The molecule has 2 fully saturated rings. The number of hydrogen-bond donors (Lipinski definition) is 2. The second-order valence-corrected chi connectivity index (χ2v) is 6.90. The molecule has 0 aromatic rings. The molecular weight excluding hydrogens is 252 g/mol. The summed E-state index contributed by atoms with van der Waals surface area (Å²) in [5.74, 6) is 1.65. The molecule has 4 nitrogen and oxygen atoms in total. The normalized spacial score (nSPS) is 34.1.